The smallest absolute Gasteiger partial charge is 0.317 e. The summed E-state index contributed by atoms with van der Waals surface area (Å²) in [6.45, 7) is 4.08. The Hall–Kier alpha value is -2.44. The first kappa shape index (κ1) is 20.3. The molecule has 0 bridgehead atoms. The Labute approximate surface area is 166 Å². The van der Waals surface area contributed by atoms with E-state index in [-0.39, 0.29) is 24.5 Å². The van der Waals surface area contributed by atoms with Gasteiger partial charge in [-0.15, -0.1) is 0 Å². The molecule has 150 valence electrons. The molecule has 0 saturated carbocycles. The number of hydrogen-bond donors (Lipinski definition) is 2. The Kier molecular flexibility index (Phi) is 6.65. The summed E-state index contributed by atoms with van der Waals surface area (Å²) in [6.07, 6.45) is 1.77. The third-order valence-corrected chi connectivity index (χ3v) is 5.60. The Balaban J connectivity index is 1.51. The van der Waals surface area contributed by atoms with Crippen molar-refractivity contribution in [1.82, 2.24) is 15.1 Å². The predicted octanol–water partition coefficient (Wildman–Crippen LogP) is 2.50. The van der Waals surface area contributed by atoms with Crippen LogP contribution in [0.3, 0.4) is 0 Å². The standard InChI is InChI=1S/C22H29N3O3/c1-16(19-9-5-7-17-6-3-4-8-20(17)19)23-21(26)14-25-12-10-18(11-13-25)24(2)15-22(27)28/h3-9,16,18H,10-15H2,1-2H3,(H,23,26)(H,27,28). The first-order valence-corrected chi connectivity index (χ1v) is 9.85. The van der Waals surface area contributed by atoms with Gasteiger partial charge in [-0.2, -0.15) is 0 Å². The fraction of sp³-hybridized carbons (Fsp3) is 0.455. The summed E-state index contributed by atoms with van der Waals surface area (Å²) in [4.78, 5) is 27.4. The van der Waals surface area contributed by atoms with Crippen LogP contribution < -0.4 is 5.32 Å². The lowest BCUT2D eigenvalue weighted by Crippen LogP contribution is -2.47. The van der Waals surface area contributed by atoms with Crippen molar-refractivity contribution in [2.75, 3.05) is 33.2 Å². The maximum absolute atomic E-state index is 12.6. The van der Waals surface area contributed by atoms with Crippen LogP contribution in [0.5, 0.6) is 0 Å². The maximum Gasteiger partial charge on any atom is 0.317 e. The van der Waals surface area contributed by atoms with Gasteiger partial charge in [0.2, 0.25) is 5.91 Å². The van der Waals surface area contributed by atoms with Crippen molar-refractivity contribution in [3.05, 3.63) is 48.0 Å². The van der Waals surface area contributed by atoms with E-state index in [0.717, 1.165) is 31.5 Å². The first-order valence-electron chi connectivity index (χ1n) is 9.85. The van der Waals surface area contributed by atoms with Crippen molar-refractivity contribution in [2.45, 2.75) is 31.8 Å². The number of carbonyl (C=O) groups is 2. The van der Waals surface area contributed by atoms with E-state index in [9.17, 15) is 9.59 Å². The van der Waals surface area contributed by atoms with E-state index in [1.165, 1.54) is 10.8 Å². The average molecular weight is 383 g/mol. The topological polar surface area (TPSA) is 72.9 Å². The third kappa shape index (κ3) is 5.09. The molecule has 1 amide bonds. The van der Waals surface area contributed by atoms with Crippen LogP contribution in [0.15, 0.2) is 42.5 Å². The highest BCUT2D eigenvalue weighted by Gasteiger charge is 2.25. The molecule has 1 unspecified atom stereocenters. The highest BCUT2D eigenvalue weighted by Crippen LogP contribution is 2.24. The summed E-state index contributed by atoms with van der Waals surface area (Å²) in [5, 5.41) is 14.4. The molecule has 28 heavy (non-hydrogen) atoms. The molecule has 1 saturated heterocycles. The zero-order valence-corrected chi connectivity index (χ0v) is 16.6. The molecular weight excluding hydrogens is 354 g/mol. The van der Waals surface area contributed by atoms with E-state index in [1.54, 1.807) is 0 Å². The fourth-order valence-electron chi connectivity index (χ4n) is 4.06. The number of benzene rings is 2. The summed E-state index contributed by atoms with van der Waals surface area (Å²) >= 11 is 0. The highest BCUT2D eigenvalue weighted by molar-refractivity contribution is 5.87. The van der Waals surface area contributed by atoms with Gasteiger partial charge in [-0.3, -0.25) is 19.4 Å². The van der Waals surface area contributed by atoms with Crippen LogP contribution in [0.1, 0.15) is 31.4 Å². The summed E-state index contributed by atoms with van der Waals surface area (Å²) in [6, 6.07) is 14.6. The molecule has 1 atom stereocenters. The number of rotatable bonds is 7. The van der Waals surface area contributed by atoms with Crippen molar-refractivity contribution in [3.63, 3.8) is 0 Å². The largest absolute Gasteiger partial charge is 0.480 e. The molecule has 2 aromatic carbocycles. The molecule has 2 aromatic rings. The van der Waals surface area contributed by atoms with Gasteiger partial charge in [-0.25, -0.2) is 0 Å². The second-order valence-electron chi connectivity index (χ2n) is 7.67. The zero-order valence-electron chi connectivity index (χ0n) is 16.6. The number of fused-ring (bicyclic) bond motifs is 1. The van der Waals surface area contributed by atoms with Crippen LogP contribution in [0, 0.1) is 0 Å². The predicted molar refractivity (Wildman–Crippen MR) is 110 cm³/mol. The Morgan fingerprint density at radius 3 is 2.57 bits per heavy atom. The van der Waals surface area contributed by atoms with E-state index in [2.05, 4.69) is 34.5 Å². The van der Waals surface area contributed by atoms with Gasteiger partial charge in [-0.1, -0.05) is 42.5 Å². The molecule has 1 fully saturated rings. The monoisotopic (exact) mass is 383 g/mol. The normalized spacial score (nSPS) is 17.0. The van der Waals surface area contributed by atoms with Gasteiger partial charge in [0.25, 0.3) is 0 Å². The van der Waals surface area contributed by atoms with Crippen LogP contribution in [0.4, 0.5) is 0 Å². The van der Waals surface area contributed by atoms with E-state index in [4.69, 9.17) is 5.11 Å². The number of piperidine rings is 1. The zero-order chi connectivity index (χ0) is 20.1. The third-order valence-electron chi connectivity index (χ3n) is 5.60. The second-order valence-corrected chi connectivity index (χ2v) is 7.67. The van der Waals surface area contributed by atoms with Crippen LogP contribution in [-0.2, 0) is 9.59 Å². The number of likely N-dealkylation sites (tertiary alicyclic amines) is 1. The average Bonchev–Trinajstić information content (AvgIpc) is 2.67. The van der Waals surface area contributed by atoms with Gasteiger partial charge >= 0.3 is 5.97 Å². The fourth-order valence-corrected chi connectivity index (χ4v) is 4.06. The number of hydrogen-bond acceptors (Lipinski definition) is 4. The summed E-state index contributed by atoms with van der Waals surface area (Å²) < 4.78 is 0. The van der Waals surface area contributed by atoms with Crippen molar-refractivity contribution in [2.24, 2.45) is 0 Å². The molecule has 0 aliphatic carbocycles. The molecule has 6 nitrogen and oxygen atoms in total. The van der Waals surface area contributed by atoms with E-state index < -0.39 is 5.97 Å². The minimum Gasteiger partial charge on any atom is -0.480 e. The lowest BCUT2D eigenvalue weighted by molar-refractivity contribution is -0.138. The van der Waals surface area contributed by atoms with Crippen LogP contribution in [0.25, 0.3) is 10.8 Å². The Morgan fingerprint density at radius 2 is 1.86 bits per heavy atom. The number of carboxylic acids is 1. The Morgan fingerprint density at radius 1 is 1.18 bits per heavy atom. The molecule has 1 aliphatic heterocycles. The van der Waals surface area contributed by atoms with Gasteiger partial charge in [0, 0.05) is 19.1 Å². The van der Waals surface area contributed by atoms with Crippen LogP contribution in [0.2, 0.25) is 0 Å². The van der Waals surface area contributed by atoms with Gasteiger partial charge in [-0.05, 0) is 43.1 Å². The number of carbonyl (C=O) groups excluding carboxylic acids is 1. The van der Waals surface area contributed by atoms with Gasteiger partial charge in [0.05, 0.1) is 19.1 Å². The van der Waals surface area contributed by atoms with Gasteiger partial charge in [0.15, 0.2) is 0 Å². The summed E-state index contributed by atoms with van der Waals surface area (Å²) in [5.74, 6) is -0.774. The van der Waals surface area contributed by atoms with Gasteiger partial charge in [0.1, 0.15) is 0 Å². The first-order chi connectivity index (χ1) is 13.4. The second kappa shape index (κ2) is 9.17. The van der Waals surface area contributed by atoms with Crippen molar-refractivity contribution >= 4 is 22.6 Å². The molecule has 2 N–H and O–H groups in total. The lowest BCUT2D eigenvalue weighted by Gasteiger charge is -2.35. The molecular formula is C22H29N3O3. The molecule has 0 spiro atoms. The summed E-state index contributed by atoms with van der Waals surface area (Å²) in [5.41, 5.74) is 1.13. The minimum absolute atomic E-state index is 0.0257. The van der Waals surface area contributed by atoms with E-state index in [1.807, 2.05) is 37.1 Å². The van der Waals surface area contributed by atoms with Crippen LogP contribution in [-0.4, -0.2) is 66.1 Å². The molecule has 1 aliphatic rings. The van der Waals surface area contributed by atoms with Crippen molar-refractivity contribution in [3.8, 4) is 0 Å². The molecule has 3 rings (SSSR count). The molecule has 6 heteroatoms. The number of likely N-dealkylation sites (N-methyl/N-ethyl adjacent to an activating group) is 1. The highest BCUT2D eigenvalue weighted by atomic mass is 16.4. The SMILES string of the molecule is CC(NC(=O)CN1CCC(N(C)CC(=O)O)CC1)c1cccc2ccccc12. The number of carboxylic acid groups (broad SMARTS) is 1. The van der Waals surface area contributed by atoms with Gasteiger partial charge < -0.3 is 10.4 Å². The van der Waals surface area contributed by atoms with E-state index >= 15 is 0 Å². The number of nitrogens with zero attached hydrogens (tertiary/aromatic N) is 2. The lowest BCUT2D eigenvalue weighted by atomic mass is 9.99. The summed E-state index contributed by atoms with van der Waals surface area (Å²) in [7, 11) is 1.85. The van der Waals surface area contributed by atoms with Crippen molar-refractivity contribution in [1.29, 1.82) is 0 Å². The van der Waals surface area contributed by atoms with Crippen molar-refractivity contribution < 1.29 is 14.7 Å². The number of amides is 1. The minimum atomic E-state index is -0.799. The molecule has 1 heterocycles. The quantitative estimate of drug-likeness (QED) is 0.769. The Bertz CT molecular complexity index is 825. The molecule has 0 radical (unpaired) electrons. The van der Waals surface area contributed by atoms with Crippen LogP contribution >= 0.6 is 0 Å². The van der Waals surface area contributed by atoms with E-state index in [0.29, 0.717) is 6.54 Å². The number of nitrogens with one attached hydrogen (secondary N) is 1. The maximum atomic E-state index is 12.6. The molecule has 0 aromatic heterocycles. The number of aliphatic carboxylic acids is 1.